The van der Waals surface area contributed by atoms with Crippen LogP contribution in [-0.2, 0) is 4.79 Å². The van der Waals surface area contributed by atoms with Crippen LogP contribution in [0.5, 0.6) is 11.5 Å². The largest absolute Gasteiger partial charge is 0.454 e. The Labute approximate surface area is 162 Å². The number of halogens is 3. The number of rotatable bonds is 4. The lowest BCUT2D eigenvalue weighted by Crippen LogP contribution is -2.08. The summed E-state index contributed by atoms with van der Waals surface area (Å²) in [6.07, 6.45) is 2.42. The number of nitro benzene ring substituents is 1. The fourth-order valence-corrected chi connectivity index (χ4v) is 2.79. The van der Waals surface area contributed by atoms with E-state index in [9.17, 15) is 14.9 Å². The topological polar surface area (TPSA) is 90.7 Å². The number of nitrogens with zero attached hydrogens (tertiary/aromatic N) is 1. The molecule has 0 saturated heterocycles. The maximum atomic E-state index is 12.1. The lowest BCUT2D eigenvalue weighted by atomic mass is 10.1. The lowest BCUT2D eigenvalue weighted by Gasteiger charge is -2.07. The molecule has 0 fully saturated rings. The van der Waals surface area contributed by atoms with E-state index in [-0.39, 0.29) is 44.5 Å². The van der Waals surface area contributed by atoms with Gasteiger partial charge in [-0.25, -0.2) is 0 Å². The van der Waals surface area contributed by atoms with Gasteiger partial charge >= 0.3 is 0 Å². The molecule has 1 amide bonds. The summed E-state index contributed by atoms with van der Waals surface area (Å²) in [6.45, 7) is -0.0179. The molecule has 10 heteroatoms. The van der Waals surface area contributed by atoms with E-state index >= 15 is 0 Å². The summed E-state index contributed by atoms with van der Waals surface area (Å²) >= 11 is 17.7. The highest BCUT2D eigenvalue weighted by molar-refractivity contribution is 6.44. The molecular formula is C16H9Cl3N2O5. The molecule has 1 aliphatic rings. The predicted octanol–water partition coefficient (Wildman–Crippen LogP) is 4.94. The lowest BCUT2D eigenvalue weighted by molar-refractivity contribution is -0.385. The molecule has 134 valence electrons. The second kappa shape index (κ2) is 7.41. The number of nitro groups is 1. The number of hydrogen-bond donors (Lipinski definition) is 1. The summed E-state index contributed by atoms with van der Waals surface area (Å²) in [7, 11) is 0. The average Bonchev–Trinajstić information content (AvgIpc) is 3.04. The standard InChI is InChI=1S/C16H9Cl3N2O5/c17-9-4-11(19)12(5-10(9)18)20-16(22)2-1-8-3-14-15(26-7-25-14)6-13(8)21(23)24/h1-6H,7H2,(H,20,22)/b2-1+. The van der Waals surface area contributed by atoms with E-state index < -0.39 is 10.8 Å². The minimum atomic E-state index is -0.574. The third-order valence-electron chi connectivity index (χ3n) is 3.40. The second-order valence-electron chi connectivity index (χ2n) is 5.09. The minimum absolute atomic E-state index is 0.0179. The average molecular weight is 416 g/mol. The van der Waals surface area contributed by atoms with Crippen LogP contribution in [0.25, 0.3) is 6.08 Å². The van der Waals surface area contributed by atoms with Gasteiger partial charge < -0.3 is 14.8 Å². The van der Waals surface area contributed by atoms with Crippen molar-refractivity contribution in [1.29, 1.82) is 0 Å². The third kappa shape index (κ3) is 3.85. The van der Waals surface area contributed by atoms with Crippen LogP contribution in [-0.4, -0.2) is 17.6 Å². The summed E-state index contributed by atoms with van der Waals surface area (Å²) in [4.78, 5) is 22.7. The van der Waals surface area contributed by atoms with E-state index in [0.29, 0.717) is 5.75 Å². The number of carbonyl (C=O) groups excluding carboxylic acids is 1. The smallest absolute Gasteiger partial charge is 0.280 e. The van der Waals surface area contributed by atoms with Gasteiger partial charge in [0.05, 0.1) is 37.3 Å². The van der Waals surface area contributed by atoms with Crippen molar-refractivity contribution < 1.29 is 19.2 Å². The number of carbonyl (C=O) groups is 1. The fourth-order valence-electron chi connectivity index (χ4n) is 2.20. The van der Waals surface area contributed by atoms with Crippen LogP contribution in [0.4, 0.5) is 11.4 Å². The molecule has 26 heavy (non-hydrogen) atoms. The van der Waals surface area contributed by atoms with Gasteiger partial charge in [0.25, 0.3) is 5.69 Å². The zero-order valence-corrected chi connectivity index (χ0v) is 15.1. The van der Waals surface area contributed by atoms with Gasteiger partial charge in [0.1, 0.15) is 0 Å². The fraction of sp³-hybridized carbons (Fsp3) is 0.0625. The van der Waals surface area contributed by atoms with Crippen molar-refractivity contribution in [3.63, 3.8) is 0 Å². The number of amides is 1. The number of ether oxygens (including phenoxy) is 2. The van der Waals surface area contributed by atoms with E-state index in [1.165, 1.54) is 30.3 Å². The van der Waals surface area contributed by atoms with Gasteiger partial charge in [0.2, 0.25) is 12.7 Å². The highest BCUT2D eigenvalue weighted by atomic mass is 35.5. The number of fused-ring (bicyclic) bond motifs is 1. The molecule has 0 spiro atoms. The summed E-state index contributed by atoms with van der Waals surface area (Å²) in [5.41, 5.74) is 0.233. The van der Waals surface area contributed by atoms with Crippen LogP contribution in [0.15, 0.2) is 30.3 Å². The Morgan fingerprint density at radius 2 is 1.73 bits per heavy atom. The van der Waals surface area contributed by atoms with Crippen LogP contribution >= 0.6 is 34.8 Å². The summed E-state index contributed by atoms with van der Waals surface area (Å²) in [6, 6.07) is 5.47. The van der Waals surface area contributed by atoms with E-state index in [1.54, 1.807) is 0 Å². The zero-order valence-electron chi connectivity index (χ0n) is 12.8. The first-order valence-corrected chi connectivity index (χ1v) is 8.20. The van der Waals surface area contributed by atoms with Crippen molar-refractivity contribution in [2.45, 2.75) is 0 Å². The van der Waals surface area contributed by atoms with E-state index in [0.717, 1.165) is 6.08 Å². The Morgan fingerprint density at radius 1 is 1.08 bits per heavy atom. The van der Waals surface area contributed by atoms with Crippen molar-refractivity contribution in [2.24, 2.45) is 0 Å². The molecule has 1 N–H and O–H groups in total. The number of hydrogen-bond acceptors (Lipinski definition) is 5. The highest BCUT2D eigenvalue weighted by Crippen LogP contribution is 2.38. The molecule has 1 aliphatic heterocycles. The van der Waals surface area contributed by atoms with Gasteiger partial charge in [-0.05, 0) is 24.3 Å². The van der Waals surface area contributed by atoms with Gasteiger partial charge in [-0.3, -0.25) is 14.9 Å². The van der Waals surface area contributed by atoms with Gasteiger partial charge in [-0.2, -0.15) is 0 Å². The second-order valence-corrected chi connectivity index (χ2v) is 6.31. The summed E-state index contributed by atoms with van der Waals surface area (Å²) < 4.78 is 10.3. The number of anilines is 1. The first kappa shape index (κ1) is 18.3. The molecule has 3 rings (SSSR count). The zero-order chi connectivity index (χ0) is 18.8. The summed E-state index contributed by atoms with van der Waals surface area (Å²) in [5, 5.41) is 14.4. The van der Waals surface area contributed by atoms with Crippen LogP contribution in [0.3, 0.4) is 0 Å². The maximum absolute atomic E-state index is 12.1. The first-order valence-electron chi connectivity index (χ1n) is 7.07. The molecule has 0 aliphatic carbocycles. The van der Waals surface area contributed by atoms with E-state index in [4.69, 9.17) is 44.3 Å². The van der Waals surface area contributed by atoms with Gasteiger partial charge in [0, 0.05) is 6.08 Å². The molecule has 7 nitrogen and oxygen atoms in total. The molecule has 1 heterocycles. The van der Waals surface area contributed by atoms with Crippen molar-refractivity contribution in [2.75, 3.05) is 12.1 Å². The van der Waals surface area contributed by atoms with Crippen molar-refractivity contribution >= 4 is 58.2 Å². The molecule has 0 bridgehead atoms. The molecule has 0 radical (unpaired) electrons. The molecular weight excluding hydrogens is 407 g/mol. The van der Waals surface area contributed by atoms with Crippen molar-refractivity contribution in [1.82, 2.24) is 0 Å². The molecule has 2 aromatic carbocycles. The Bertz CT molecular complexity index is 946. The predicted molar refractivity (Wildman–Crippen MR) is 98.4 cm³/mol. The van der Waals surface area contributed by atoms with Gasteiger partial charge in [0.15, 0.2) is 11.5 Å². The normalized spacial score (nSPS) is 12.4. The van der Waals surface area contributed by atoms with Crippen LogP contribution < -0.4 is 14.8 Å². The highest BCUT2D eigenvalue weighted by Gasteiger charge is 2.22. The van der Waals surface area contributed by atoms with Crippen molar-refractivity contribution in [3.8, 4) is 11.5 Å². The van der Waals surface area contributed by atoms with Crippen LogP contribution in [0, 0.1) is 10.1 Å². The maximum Gasteiger partial charge on any atom is 0.280 e. The van der Waals surface area contributed by atoms with Gasteiger partial charge in [-0.15, -0.1) is 0 Å². The molecule has 0 saturated carbocycles. The SMILES string of the molecule is O=C(/C=C/c1cc2c(cc1[N+](=O)[O-])OCO2)Nc1cc(Cl)c(Cl)cc1Cl. The minimum Gasteiger partial charge on any atom is -0.454 e. The molecule has 0 aromatic heterocycles. The van der Waals surface area contributed by atoms with Crippen molar-refractivity contribution in [3.05, 3.63) is 61.1 Å². The Balaban J connectivity index is 1.83. The molecule has 0 atom stereocenters. The number of nitrogens with one attached hydrogen (secondary N) is 1. The Morgan fingerprint density at radius 3 is 2.42 bits per heavy atom. The Hall–Kier alpha value is -2.48. The van der Waals surface area contributed by atoms with E-state index in [1.807, 2.05) is 0 Å². The number of benzene rings is 2. The Kier molecular flexibility index (Phi) is 5.22. The quantitative estimate of drug-likeness (QED) is 0.331. The van der Waals surface area contributed by atoms with Crippen LogP contribution in [0.1, 0.15) is 5.56 Å². The monoisotopic (exact) mass is 414 g/mol. The first-order chi connectivity index (χ1) is 12.3. The van der Waals surface area contributed by atoms with Gasteiger partial charge in [-0.1, -0.05) is 34.8 Å². The summed E-state index contributed by atoms with van der Waals surface area (Å²) in [5.74, 6) is 0.0846. The van der Waals surface area contributed by atoms with E-state index in [2.05, 4.69) is 5.32 Å². The molecule has 2 aromatic rings. The third-order valence-corrected chi connectivity index (χ3v) is 4.44. The van der Waals surface area contributed by atoms with Crippen LogP contribution in [0.2, 0.25) is 15.1 Å². The molecule has 0 unspecified atom stereocenters.